The number of aromatic nitrogens is 2. The second kappa shape index (κ2) is 7.06. The van der Waals surface area contributed by atoms with Crippen LogP contribution in [0.25, 0.3) is 0 Å². The highest BCUT2D eigenvalue weighted by atomic mass is 35.5. The van der Waals surface area contributed by atoms with E-state index in [1.54, 1.807) is 0 Å². The van der Waals surface area contributed by atoms with Gasteiger partial charge in [0.1, 0.15) is 11.9 Å². The topological polar surface area (TPSA) is 70.2 Å². The smallest absolute Gasteiger partial charge is 0.274 e. The fraction of sp³-hybridized carbons (Fsp3) is 0.444. The standard InChI is InChI=1S/C18H21ClN4O2/c19-14-3-1-2-4-16(14)25-12-6-9-23(10-7-12)18(24)17-13-11-20-8-5-15(13)21-22-17/h1-4,12,20H,5-11H2,(H,21,22). The molecule has 0 saturated carbocycles. The lowest BCUT2D eigenvalue weighted by molar-refractivity contribution is 0.0589. The molecule has 1 amide bonds. The van der Waals surface area contributed by atoms with Crippen molar-refractivity contribution in [1.82, 2.24) is 20.4 Å². The number of carbonyl (C=O) groups excluding carboxylic acids is 1. The van der Waals surface area contributed by atoms with Crippen molar-refractivity contribution in [3.63, 3.8) is 0 Å². The predicted molar refractivity (Wildman–Crippen MR) is 95.0 cm³/mol. The SMILES string of the molecule is O=C(c1n[nH]c2c1CNCC2)N1CCC(Oc2ccccc2Cl)CC1. The van der Waals surface area contributed by atoms with Gasteiger partial charge in [0, 0.05) is 56.7 Å². The molecule has 1 aromatic heterocycles. The van der Waals surface area contributed by atoms with Gasteiger partial charge < -0.3 is 15.0 Å². The van der Waals surface area contributed by atoms with E-state index in [4.69, 9.17) is 16.3 Å². The second-order valence-corrected chi connectivity index (χ2v) is 6.90. The number of nitrogens with zero attached hydrogens (tertiary/aromatic N) is 2. The molecule has 1 fully saturated rings. The monoisotopic (exact) mass is 360 g/mol. The van der Waals surface area contributed by atoms with E-state index < -0.39 is 0 Å². The molecule has 0 bridgehead atoms. The highest BCUT2D eigenvalue weighted by Gasteiger charge is 2.29. The number of carbonyl (C=O) groups is 1. The first-order valence-corrected chi connectivity index (χ1v) is 9.07. The van der Waals surface area contributed by atoms with Gasteiger partial charge in [-0.3, -0.25) is 9.89 Å². The maximum Gasteiger partial charge on any atom is 0.274 e. The van der Waals surface area contributed by atoms with Gasteiger partial charge in [-0.25, -0.2) is 0 Å². The summed E-state index contributed by atoms with van der Waals surface area (Å²) >= 11 is 6.15. The van der Waals surface area contributed by atoms with E-state index >= 15 is 0 Å². The van der Waals surface area contributed by atoms with Crippen molar-refractivity contribution in [3.05, 3.63) is 46.2 Å². The third-order valence-electron chi connectivity index (χ3n) is 4.87. The normalized spacial score (nSPS) is 18.0. The molecule has 6 nitrogen and oxygen atoms in total. The molecule has 3 heterocycles. The van der Waals surface area contributed by atoms with Crippen molar-refractivity contribution in [1.29, 1.82) is 0 Å². The zero-order valence-electron chi connectivity index (χ0n) is 13.9. The van der Waals surface area contributed by atoms with Crippen LogP contribution in [0.5, 0.6) is 5.75 Å². The number of piperidine rings is 1. The van der Waals surface area contributed by atoms with E-state index in [-0.39, 0.29) is 12.0 Å². The number of fused-ring (bicyclic) bond motifs is 1. The van der Waals surface area contributed by atoms with Crippen LogP contribution in [0.4, 0.5) is 0 Å². The third kappa shape index (κ3) is 3.37. The molecule has 7 heteroatoms. The van der Waals surface area contributed by atoms with E-state index in [1.165, 1.54) is 0 Å². The molecule has 2 aromatic rings. The Balaban J connectivity index is 1.38. The molecule has 2 aliphatic heterocycles. The number of rotatable bonds is 3. The van der Waals surface area contributed by atoms with Gasteiger partial charge in [-0.1, -0.05) is 23.7 Å². The lowest BCUT2D eigenvalue weighted by atomic mass is 10.0. The largest absolute Gasteiger partial charge is 0.489 e. The molecule has 2 N–H and O–H groups in total. The molecule has 0 atom stereocenters. The zero-order valence-corrected chi connectivity index (χ0v) is 14.7. The molecule has 0 radical (unpaired) electrons. The van der Waals surface area contributed by atoms with Gasteiger partial charge in [-0.15, -0.1) is 0 Å². The fourth-order valence-electron chi connectivity index (χ4n) is 3.45. The summed E-state index contributed by atoms with van der Waals surface area (Å²) in [6.45, 7) is 2.97. The van der Waals surface area contributed by atoms with Gasteiger partial charge in [0.05, 0.1) is 5.02 Å². The summed E-state index contributed by atoms with van der Waals surface area (Å²) < 4.78 is 5.99. The van der Waals surface area contributed by atoms with Crippen molar-refractivity contribution < 1.29 is 9.53 Å². The lowest BCUT2D eigenvalue weighted by Gasteiger charge is -2.32. The number of aromatic amines is 1. The molecular formula is C18H21ClN4O2. The summed E-state index contributed by atoms with van der Waals surface area (Å²) in [5, 5.41) is 11.2. The number of H-pyrrole nitrogens is 1. The Labute approximate surface area is 151 Å². The quantitative estimate of drug-likeness (QED) is 0.881. The number of hydrogen-bond donors (Lipinski definition) is 2. The minimum absolute atomic E-state index is 0.0115. The highest BCUT2D eigenvalue weighted by molar-refractivity contribution is 6.32. The van der Waals surface area contributed by atoms with Crippen LogP contribution < -0.4 is 10.1 Å². The molecule has 0 spiro atoms. The van der Waals surface area contributed by atoms with Gasteiger partial charge >= 0.3 is 0 Å². The molecule has 2 aliphatic rings. The van der Waals surface area contributed by atoms with E-state index in [2.05, 4.69) is 15.5 Å². The average molecular weight is 361 g/mol. The fourth-order valence-corrected chi connectivity index (χ4v) is 3.63. The van der Waals surface area contributed by atoms with Crippen LogP contribution in [-0.2, 0) is 13.0 Å². The molecule has 4 rings (SSSR count). The van der Waals surface area contributed by atoms with Gasteiger partial charge in [0.15, 0.2) is 5.69 Å². The number of hydrogen-bond acceptors (Lipinski definition) is 4. The zero-order chi connectivity index (χ0) is 17.2. The van der Waals surface area contributed by atoms with E-state index in [1.807, 2.05) is 29.2 Å². The Morgan fingerprint density at radius 2 is 2.08 bits per heavy atom. The van der Waals surface area contributed by atoms with Crippen molar-refractivity contribution in [2.45, 2.75) is 31.9 Å². The van der Waals surface area contributed by atoms with Crippen LogP contribution in [0.2, 0.25) is 5.02 Å². The summed E-state index contributed by atoms with van der Waals surface area (Å²) in [4.78, 5) is 14.7. The van der Waals surface area contributed by atoms with Crippen molar-refractivity contribution in [2.24, 2.45) is 0 Å². The van der Waals surface area contributed by atoms with Crippen LogP contribution in [0.3, 0.4) is 0 Å². The lowest BCUT2D eigenvalue weighted by Crippen LogP contribution is -2.42. The number of likely N-dealkylation sites (tertiary alicyclic amines) is 1. The summed E-state index contributed by atoms with van der Waals surface area (Å²) in [5.74, 6) is 0.721. The van der Waals surface area contributed by atoms with Crippen molar-refractivity contribution in [2.75, 3.05) is 19.6 Å². The van der Waals surface area contributed by atoms with Crippen LogP contribution in [-0.4, -0.2) is 46.7 Å². The van der Waals surface area contributed by atoms with Crippen molar-refractivity contribution in [3.8, 4) is 5.75 Å². The number of para-hydroxylation sites is 1. The number of amides is 1. The molecule has 25 heavy (non-hydrogen) atoms. The Hall–Kier alpha value is -2.05. The average Bonchev–Trinajstić information content (AvgIpc) is 3.08. The molecule has 0 aliphatic carbocycles. The predicted octanol–water partition coefficient (Wildman–Crippen LogP) is 2.39. The van der Waals surface area contributed by atoms with Crippen LogP contribution in [0.15, 0.2) is 24.3 Å². The summed E-state index contributed by atoms with van der Waals surface area (Å²) in [6.07, 6.45) is 2.56. The number of ether oxygens (including phenoxy) is 1. The molecule has 132 valence electrons. The number of benzene rings is 1. The second-order valence-electron chi connectivity index (χ2n) is 6.50. The molecule has 1 aromatic carbocycles. The highest BCUT2D eigenvalue weighted by Crippen LogP contribution is 2.27. The Kier molecular flexibility index (Phi) is 4.63. The van der Waals surface area contributed by atoms with E-state index in [0.717, 1.165) is 37.1 Å². The van der Waals surface area contributed by atoms with Gasteiger partial charge in [0.25, 0.3) is 5.91 Å². The van der Waals surface area contributed by atoms with Crippen LogP contribution in [0.1, 0.15) is 34.6 Å². The first kappa shape index (κ1) is 16.4. The van der Waals surface area contributed by atoms with Crippen LogP contribution in [0, 0.1) is 0 Å². The summed E-state index contributed by atoms with van der Waals surface area (Å²) in [5.41, 5.74) is 2.66. The number of nitrogens with one attached hydrogen (secondary N) is 2. The van der Waals surface area contributed by atoms with E-state index in [0.29, 0.717) is 36.1 Å². The van der Waals surface area contributed by atoms with Gasteiger partial charge in [0.2, 0.25) is 0 Å². The Morgan fingerprint density at radius 1 is 1.28 bits per heavy atom. The third-order valence-corrected chi connectivity index (χ3v) is 5.18. The van der Waals surface area contributed by atoms with Gasteiger partial charge in [-0.2, -0.15) is 5.10 Å². The molecule has 1 saturated heterocycles. The first-order valence-electron chi connectivity index (χ1n) is 8.69. The molecular weight excluding hydrogens is 340 g/mol. The molecule has 0 unspecified atom stereocenters. The van der Waals surface area contributed by atoms with Crippen molar-refractivity contribution >= 4 is 17.5 Å². The summed E-state index contributed by atoms with van der Waals surface area (Å²) in [6, 6.07) is 7.50. The van der Waals surface area contributed by atoms with Gasteiger partial charge in [-0.05, 0) is 12.1 Å². The maximum absolute atomic E-state index is 12.8. The first-order chi connectivity index (χ1) is 12.2. The Morgan fingerprint density at radius 3 is 2.88 bits per heavy atom. The minimum Gasteiger partial charge on any atom is -0.489 e. The Bertz CT molecular complexity index is 768. The van der Waals surface area contributed by atoms with E-state index in [9.17, 15) is 4.79 Å². The maximum atomic E-state index is 12.8. The summed E-state index contributed by atoms with van der Waals surface area (Å²) in [7, 11) is 0. The minimum atomic E-state index is 0.0115. The van der Waals surface area contributed by atoms with Crippen LogP contribution >= 0.6 is 11.6 Å². The number of halogens is 1.